The summed E-state index contributed by atoms with van der Waals surface area (Å²) in [5.41, 5.74) is 6.01. The van der Waals surface area contributed by atoms with Crippen molar-refractivity contribution in [3.8, 4) is 0 Å². The standard InChI is InChI=1S/C14H26N2O.ClH/c1-14(2)8-4-7-12(14)16-13(17)11-6-3-5-10(11)9-15;/h10-12H,3-9,15H2,1-2H3,(H,16,17);1H/t10-,11-,12?;/m1./s1. The number of amides is 1. The Morgan fingerprint density at radius 2 is 2.00 bits per heavy atom. The van der Waals surface area contributed by atoms with Crippen molar-refractivity contribution in [1.29, 1.82) is 0 Å². The fourth-order valence-corrected chi connectivity index (χ4v) is 3.54. The van der Waals surface area contributed by atoms with Crippen LogP contribution in [-0.2, 0) is 4.79 Å². The minimum absolute atomic E-state index is 0. The summed E-state index contributed by atoms with van der Waals surface area (Å²) in [4.78, 5) is 12.3. The van der Waals surface area contributed by atoms with Gasteiger partial charge in [-0.3, -0.25) is 4.79 Å². The first-order chi connectivity index (χ1) is 8.04. The molecule has 1 unspecified atom stereocenters. The van der Waals surface area contributed by atoms with Crippen molar-refractivity contribution in [2.75, 3.05) is 6.54 Å². The second-order valence-corrected chi connectivity index (χ2v) is 6.48. The Morgan fingerprint density at radius 3 is 2.56 bits per heavy atom. The van der Waals surface area contributed by atoms with E-state index in [1.54, 1.807) is 0 Å². The monoisotopic (exact) mass is 274 g/mol. The van der Waals surface area contributed by atoms with Crippen molar-refractivity contribution in [2.45, 2.75) is 58.4 Å². The van der Waals surface area contributed by atoms with Crippen LogP contribution in [0.25, 0.3) is 0 Å². The average molecular weight is 275 g/mol. The van der Waals surface area contributed by atoms with Crippen molar-refractivity contribution >= 4 is 18.3 Å². The third-order valence-electron chi connectivity index (χ3n) is 4.87. The molecule has 4 heteroatoms. The highest BCUT2D eigenvalue weighted by atomic mass is 35.5. The van der Waals surface area contributed by atoms with Gasteiger partial charge in [-0.15, -0.1) is 12.4 Å². The maximum atomic E-state index is 12.3. The smallest absolute Gasteiger partial charge is 0.223 e. The van der Waals surface area contributed by atoms with Crippen molar-refractivity contribution in [2.24, 2.45) is 23.0 Å². The predicted octanol–water partition coefficient (Wildman–Crippen LogP) is 2.48. The number of carbonyl (C=O) groups excluding carboxylic acids is 1. The van der Waals surface area contributed by atoms with Crippen LogP contribution in [-0.4, -0.2) is 18.5 Å². The maximum Gasteiger partial charge on any atom is 0.223 e. The molecular weight excluding hydrogens is 248 g/mol. The Kier molecular flexibility index (Phi) is 5.47. The molecule has 18 heavy (non-hydrogen) atoms. The minimum atomic E-state index is 0. The van der Waals surface area contributed by atoms with E-state index in [4.69, 9.17) is 5.73 Å². The second-order valence-electron chi connectivity index (χ2n) is 6.48. The van der Waals surface area contributed by atoms with Gasteiger partial charge in [0.05, 0.1) is 0 Å². The Morgan fingerprint density at radius 1 is 1.28 bits per heavy atom. The molecule has 0 aromatic rings. The number of hydrogen-bond donors (Lipinski definition) is 2. The second kappa shape index (κ2) is 6.25. The van der Waals surface area contributed by atoms with Crippen LogP contribution in [0.4, 0.5) is 0 Å². The summed E-state index contributed by atoms with van der Waals surface area (Å²) in [6.07, 6.45) is 6.92. The topological polar surface area (TPSA) is 55.1 Å². The summed E-state index contributed by atoms with van der Waals surface area (Å²) < 4.78 is 0. The summed E-state index contributed by atoms with van der Waals surface area (Å²) >= 11 is 0. The van der Waals surface area contributed by atoms with Crippen LogP contribution in [0.3, 0.4) is 0 Å². The normalized spacial score (nSPS) is 34.1. The molecule has 1 amide bonds. The molecule has 0 aromatic carbocycles. The van der Waals surface area contributed by atoms with E-state index in [0.29, 0.717) is 18.5 Å². The summed E-state index contributed by atoms with van der Waals surface area (Å²) in [7, 11) is 0. The molecule has 0 bridgehead atoms. The van der Waals surface area contributed by atoms with Gasteiger partial charge in [0.15, 0.2) is 0 Å². The van der Waals surface area contributed by atoms with Gasteiger partial charge in [0, 0.05) is 12.0 Å². The van der Waals surface area contributed by atoms with Crippen LogP contribution < -0.4 is 11.1 Å². The lowest BCUT2D eigenvalue weighted by atomic mass is 9.86. The van der Waals surface area contributed by atoms with Gasteiger partial charge < -0.3 is 11.1 Å². The minimum Gasteiger partial charge on any atom is -0.353 e. The molecule has 3 atom stereocenters. The highest BCUT2D eigenvalue weighted by Crippen LogP contribution is 2.38. The van der Waals surface area contributed by atoms with Crippen molar-refractivity contribution in [3.05, 3.63) is 0 Å². The molecule has 0 aliphatic heterocycles. The highest BCUT2D eigenvalue weighted by Gasteiger charge is 2.38. The van der Waals surface area contributed by atoms with Gasteiger partial charge in [-0.1, -0.05) is 26.7 Å². The summed E-state index contributed by atoms with van der Waals surface area (Å²) in [5.74, 6) is 0.855. The molecule has 0 heterocycles. The summed E-state index contributed by atoms with van der Waals surface area (Å²) in [6.45, 7) is 5.19. The van der Waals surface area contributed by atoms with Crippen molar-refractivity contribution < 1.29 is 4.79 Å². The summed E-state index contributed by atoms with van der Waals surface area (Å²) in [5, 5.41) is 3.28. The third-order valence-corrected chi connectivity index (χ3v) is 4.87. The molecule has 2 saturated carbocycles. The van der Waals surface area contributed by atoms with Crippen molar-refractivity contribution in [1.82, 2.24) is 5.32 Å². The number of nitrogens with one attached hydrogen (secondary N) is 1. The van der Waals surface area contributed by atoms with Gasteiger partial charge in [0.25, 0.3) is 0 Å². The van der Waals surface area contributed by atoms with Crippen LogP contribution in [0.15, 0.2) is 0 Å². The first-order valence-corrected chi connectivity index (χ1v) is 7.05. The Bertz CT molecular complexity index is 294. The molecule has 2 aliphatic carbocycles. The first kappa shape index (κ1) is 15.8. The van der Waals surface area contributed by atoms with Gasteiger partial charge in [0.1, 0.15) is 0 Å². The molecule has 106 valence electrons. The fraction of sp³-hybridized carbons (Fsp3) is 0.929. The Balaban J connectivity index is 0.00000162. The van der Waals surface area contributed by atoms with Gasteiger partial charge in [-0.05, 0) is 43.6 Å². The van der Waals surface area contributed by atoms with E-state index in [0.717, 1.165) is 25.7 Å². The quantitative estimate of drug-likeness (QED) is 0.831. The average Bonchev–Trinajstić information content (AvgIpc) is 2.85. The molecule has 2 rings (SSSR count). The van der Waals surface area contributed by atoms with Crippen LogP contribution in [0.1, 0.15) is 52.4 Å². The van der Waals surface area contributed by atoms with E-state index in [-0.39, 0.29) is 29.6 Å². The fourth-order valence-electron chi connectivity index (χ4n) is 3.54. The van der Waals surface area contributed by atoms with E-state index < -0.39 is 0 Å². The SMILES string of the molecule is CC1(C)CCCC1NC(=O)[C@@H]1CCC[C@@H]1CN.Cl. The lowest BCUT2D eigenvalue weighted by Crippen LogP contribution is -2.45. The molecular formula is C14H27ClN2O. The molecule has 3 N–H and O–H groups in total. The van der Waals surface area contributed by atoms with Crippen LogP contribution in [0, 0.1) is 17.3 Å². The van der Waals surface area contributed by atoms with Gasteiger partial charge >= 0.3 is 0 Å². The van der Waals surface area contributed by atoms with Gasteiger partial charge in [0.2, 0.25) is 5.91 Å². The number of rotatable bonds is 3. The molecule has 0 radical (unpaired) electrons. The van der Waals surface area contributed by atoms with E-state index in [1.165, 1.54) is 12.8 Å². The van der Waals surface area contributed by atoms with Crippen LogP contribution in [0.5, 0.6) is 0 Å². The number of carbonyl (C=O) groups is 1. The van der Waals surface area contributed by atoms with E-state index >= 15 is 0 Å². The van der Waals surface area contributed by atoms with Gasteiger partial charge in [-0.25, -0.2) is 0 Å². The van der Waals surface area contributed by atoms with Crippen LogP contribution >= 0.6 is 12.4 Å². The molecule has 0 saturated heterocycles. The van der Waals surface area contributed by atoms with E-state index in [2.05, 4.69) is 19.2 Å². The third kappa shape index (κ3) is 3.18. The molecule has 0 aromatic heterocycles. The largest absolute Gasteiger partial charge is 0.353 e. The molecule has 2 aliphatic rings. The number of hydrogen-bond acceptors (Lipinski definition) is 2. The van der Waals surface area contributed by atoms with Crippen molar-refractivity contribution in [3.63, 3.8) is 0 Å². The lowest BCUT2D eigenvalue weighted by Gasteiger charge is -2.29. The maximum absolute atomic E-state index is 12.3. The molecule has 0 spiro atoms. The van der Waals surface area contributed by atoms with Crippen LogP contribution in [0.2, 0.25) is 0 Å². The highest BCUT2D eigenvalue weighted by molar-refractivity contribution is 5.85. The van der Waals surface area contributed by atoms with E-state index in [9.17, 15) is 4.79 Å². The number of nitrogens with two attached hydrogens (primary N) is 1. The Labute approximate surface area is 117 Å². The zero-order chi connectivity index (χ0) is 12.5. The lowest BCUT2D eigenvalue weighted by molar-refractivity contribution is -0.127. The molecule has 3 nitrogen and oxygen atoms in total. The predicted molar refractivity (Wildman–Crippen MR) is 76.7 cm³/mol. The van der Waals surface area contributed by atoms with E-state index in [1.807, 2.05) is 0 Å². The molecule has 2 fully saturated rings. The van der Waals surface area contributed by atoms with Gasteiger partial charge in [-0.2, -0.15) is 0 Å². The first-order valence-electron chi connectivity index (χ1n) is 7.05. The zero-order valence-corrected chi connectivity index (χ0v) is 12.4. The zero-order valence-electron chi connectivity index (χ0n) is 11.6. The number of halogens is 1. The summed E-state index contributed by atoms with van der Waals surface area (Å²) in [6, 6.07) is 0.369. The Hall–Kier alpha value is -0.280.